The lowest BCUT2D eigenvalue weighted by Gasteiger charge is -2.39. The van der Waals surface area contributed by atoms with E-state index >= 15 is 0 Å². The van der Waals surface area contributed by atoms with Gasteiger partial charge in [-0.05, 0) is 43.2 Å². The number of likely N-dealkylation sites (tertiary alicyclic amines) is 1. The van der Waals surface area contributed by atoms with Crippen molar-refractivity contribution in [3.63, 3.8) is 0 Å². The Hall–Kier alpha value is -2.34. The smallest absolute Gasteiger partial charge is 0.339 e. The van der Waals surface area contributed by atoms with Crippen molar-refractivity contribution in [2.45, 2.75) is 23.3 Å². The molecule has 1 atom stereocenters. The number of carbonyl (C=O) groups excluding carboxylic acids is 2. The Kier molecular flexibility index (Phi) is 4.44. The number of rotatable bonds is 3. The van der Waals surface area contributed by atoms with Crippen LogP contribution in [0.5, 0.6) is 0 Å². The highest BCUT2D eigenvalue weighted by Gasteiger charge is 2.48. The van der Waals surface area contributed by atoms with Crippen LogP contribution in [0.2, 0.25) is 0 Å². The molecule has 2 aromatic carbocycles. The Morgan fingerprint density at radius 2 is 1.96 bits per heavy atom. The van der Waals surface area contributed by atoms with Gasteiger partial charge in [0.15, 0.2) is 5.60 Å². The second-order valence-corrected chi connectivity index (χ2v) is 7.64. The lowest BCUT2D eigenvalue weighted by Crippen LogP contribution is -2.49. The molecule has 4 rings (SSSR count). The predicted octanol–water partition coefficient (Wildman–Crippen LogP) is 3.61. The number of benzene rings is 2. The van der Waals surface area contributed by atoms with Crippen molar-refractivity contribution in [1.29, 1.82) is 0 Å². The van der Waals surface area contributed by atoms with Crippen LogP contribution in [-0.2, 0) is 15.1 Å². The number of fused-ring (bicyclic) bond motifs is 2. The highest BCUT2D eigenvalue weighted by atomic mass is 32.2. The summed E-state index contributed by atoms with van der Waals surface area (Å²) in [7, 11) is 0. The second kappa shape index (κ2) is 6.76. The first-order valence-electron chi connectivity index (χ1n) is 8.56. The molecule has 0 saturated carbocycles. The van der Waals surface area contributed by atoms with Crippen LogP contribution in [0.1, 0.15) is 28.8 Å². The molecule has 2 aliphatic heterocycles. The zero-order chi connectivity index (χ0) is 18.1. The van der Waals surface area contributed by atoms with Crippen molar-refractivity contribution >= 4 is 23.6 Å². The molecule has 2 heterocycles. The van der Waals surface area contributed by atoms with Crippen molar-refractivity contribution in [3.05, 3.63) is 65.5 Å². The summed E-state index contributed by atoms with van der Waals surface area (Å²) in [4.78, 5) is 27.5. The molecule has 0 aliphatic carbocycles. The van der Waals surface area contributed by atoms with Gasteiger partial charge in [0.2, 0.25) is 5.91 Å². The molecule has 6 heteroatoms. The van der Waals surface area contributed by atoms with E-state index in [0.717, 1.165) is 23.3 Å². The molecular weight excluding hydrogens is 353 g/mol. The number of piperidine rings is 1. The third-order valence-corrected chi connectivity index (χ3v) is 5.91. The van der Waals surface area contributed by atoms with Crippen LogP contribution < -0.4 is 0 Å². The molecule has 0 N–H and O–H groups in total. The number of hydrogen-bond acceptors (Lipinski definition) is 4. The third-order valence-electron chi connectivity index (χ3n) is 4.91. The minimum absolute atomic E-state index is 0.00108. The molecule has 0 bridgehead atoms. The van der Waals surface area contributed by atoms with E-state index in [9.17, 15) is 14.0 Å². The van der Waals surface area contributed by atoms with Crippen molar-refractivity contribution in [2.75, 3.05) is 18.8 Å². The lowest BCUT2D eigenvalue weighted by atomic mass is 9.85. The fourth-order valence-electron chi connectivity index (χ4n) is 3.65. The van der Waals surface area contributed by atoms with Crippen molar-refractivity contribution in [1.82, 2.24) is 4.90 Å². The van der Waals surface area contributed by atoms with E-state index in [4.69, 9.17) is 4.74 Å². The first-order chi connectivity index (χ1) is 12.6. The van der Waals surface area contributed by atoms with Crippen molar-refractivity contribution in [2.24, 2.45) is 0 Å². The largest absolute Gasteiger partial charge is 0.449 e. The molecule has 0 radical (unpaired) electrons. The molecule has 26 heavy (non-hydrogen) atoms. The molecular formula is C20H18FNO3S. The standard InChI is InChI=1S/C20H18FNO3S/c21-14-6-8-15(9-7-14)26-12-18(23)22-11-3-10-20(13-22)17-5-2-1-4-16(17)19(24)25-20/h1-2,4-9H,3,10-13H2/t20-/m0/s1. The monoisotopic (exact) mass is 371 g/mol. The van der Waals surface area contributed by atoms with Gasteiger partial charge in [-0.2, -0.15) is 0 Å². The van der Waals surface area contributed by atoms with E-state index in [1.54, 1.807) is 23.1 Å². The van der Waals surface area contributed by atoms with E-state index in [0.29, 0.717) is 18.7 Å². The number of halogens is 1. The van der Waals surface area contributed by atoms with Crippen LogP contribution in [0.15, 0.2) is 53.4 Å². The summed E-state index contributed by atoms with van der Waals surface area (Å²) in [6.07, 6.45) is 1.51. The molecule has 1 spiro atoms. The van der Waals surface area contributed by atoms with Crippen LogP contribution in [0.25, 0.3) is 0 Å². The molecule has 0 unspecified atom stereocenters. The quantitative estimate of drug-likeness (QED) is 0.611. The summed E-state index contributed by atoms with van der Waals surface area (Å²) in [5, 5.41) is 0. The van der Waals surface area contributed by atoms with Crippen LogP contribution >= 0.6 is 11.8 Å². The molecule has 4 nitrogen and oxygen atoms in total. The van der Waals surface area contributed by atoms with Gasteiger partial charge in [0, 0.05) is 17.0 Å². The van der Waals surface area contributed by atoms with Gasteiger partial charge in [-0.1, -0.05) is 18.2 Å². The van der Waals surface area contributed by atoms with E-state index in [1.807, 2.05) is 18.2 Å². The maximum atomic E-state index is 13.0. The first kappa shape index (κ1) is 17.1. The molecule has 0 aromatic heterocycles. The Morgan fingerprint density at radius 1 is 1.19 bits per heavy atom. The van der Waals surface area contributed by atoms with E-state index in [2.05, 4.69) is 0 Å². The Morgan fingerprint density at radius 3 is 2.77 bits per heavy atom. The first-order valence-corrected chi connectivity index (χ1v) is 9.55. The van der Waals surface area contributed by atoms with Crippen LogP contribution in [0.4, 0.5) is 4.39 Å². The highest BCUT2D eigenvalue weighted by Crippen LogP contribution is 2.42. The maximum Gasteiger partial charge on any atom is 0.339 e. The van der Waals surface area contributed by atoms with Crippen LogP contribution in [0.3, 0.4) is 0 Å². The van der Waals surface area contributed by atoms with Gasteiger partial charge < -0.3 is 9.64 Å². The van der Waals surface area contributed by atoms with Gasteiger partial charge in [0.1, 0.15) is 5.82 Å². The Labute approximate surface area is 155 Å². The summed E-state index contributed by atoms with van der Waals surface area (Å²) in [5.41, 5.74) is 0.762. The summed E-state index contributed by atoms with van der Waals surface area (Å²) in [6, 6.07) is 13.5. The average Bonchev–Trinajstić information content (AvgIpc) is 2.93. The Balaban J connectivity index is 1.46. The van der Waals surface area contributed by atoms with Gasteiger partial charge in [-0.25, -0.2) is 9.18 Å². The molecule has 134 valence electrons. The normalized spacial score (nSPS) is 21.6. The molecule has 2 aromatic rings. The van der Waals surface area contributed by atoms with Gasteiger partial charge in [0.25, 0.3) is 0 Å². The summed E-state index contributed by atoms with van der Waals surface area (Å²) < 4.78 is 18.7. The number of nitrogens with zero attached hydrogens (tertiary/aromatic N) is 1. The fourth-order valence-corrected chi connectivity index (χ4v) is 4.45. The number of esters is 1. The number of hydrogen-bond donors (Lipinski definition) is 0. The predicted molar refractivity (Wildman–Crippen MR) is 96.5 cm³/mol. The number of carbonyl (C=O) groups is 2. The SMILES string of the molecule is O=C1O[C@]2(CCCN(C(=O)CSc3ccc(F)cc3)C2)c2ccccc21. The molecule has 1 amide bonds. The summed E-state index contributed by atoms with van der Waals surface area (Å²) >= 11 is 1.38. The van der Waals surface area contributed by atoms with E-state index in [1.165, 1.54) is 23.9 Å². The minimum atomic E-state index is -0.720. The van der Waals surface area contributed by atoms with Gasteiger partial charge in [-0.3, -0.25) is 4.79 Å². The molecule has 1 saturated heterocycles. The van der Waals surface area contributed by atoms with E-state index in [-0.39, 0.29) is 23.4 Å². The second-order valence-electron chi connectivity index (χ2n) is 6.59. The average molecular weight is 371 g/mol. The van der Waals surface area contributed by atoms with Crippen molar-refractivity contribution in [3.8, 4) is 0 Å². The summed E-state index contributed by atoms with van der Waals surface area (Å²) in [5.74, 6) is -0.327. The molecule has 2 aliphatic rings. The zero-order valence-corrected chi connectivity index (χ0v) is 14.9. The zero-order valence-electron chi connectivity index (χ0n) is 14.1. The van der Waals surface area contributed by atoms with E-state index < -0.39 is 5.60 Å². The van der Waals surface area contributed by atoms with Gasteiger partial charge >= 0.3 is 5.97 Å². The number of thioether (sulfide) groups is 1. The number of ether oxygens (including phenoxy) is 1. The lowest BCUT2D eigenvalue weighted by molar-refractivity contribution is -0.135. The summed E-state index contributed by atoms with van der Waals surface area (Å²) in [6.45, 7) is 1.04. The maximum absolute atomic E-state index is 13.0. The number of amides is 1. The van der Waals surface area contributed by atoms with Crippen LogP contribution in [0, 0.1) is 5.82 Å². The highest BCUT2D eigenvalue weighted by molar-refractivity contribution is 8.00. The molecule has 1 fully saturated rings. The fraction of sp³-hybridized carbons (Fsp3) is 0.300. The topological polar surface area (TPSA) is 46.6 Å². The Bertz CT molecular complexity index is 854. The van der Waals surface area contributed by atoms with Gasteiger partial charge in [-0.15, -0.1) is 11.8 Å². The third kappa shape index (κ3) is 3.09. The van der Waals surface area contributed by atoms with Crippen molar-refractivity contribution < 1.29 is 18.7 Å². The van der Waals surface area contributed by atoms with Gasteiger partial charge in [0.05, 0.1) is 17.9 Å². The van der Waals surface area contributed by atoms with Crippen LogP contribution in [-0.4, -0.2) is 35.6 Å². The minimum Gasteiger partial charge on any atom is -0.449 e.